The summed E-state index contributed by atoms with van der Waals surface area (Å²) < 4.78 is 23.8. The fourth-order valence-electron chi connectivity index (χ4n) is 2.84. The van der Waals surface area contributed by atoms with Gasteiger partial charge in [-0.15, -0.1) is 0 Å². The molecule has 0 radical (unpaired) electrons. The van der Waals surface area contributed by atoms with Gasteiger partial charge in [0.15, 0.2) is 0 Å². The summed E-state index contributed by atoms with van der Waals surface area (Å²) in [5.41, 5.74) is 0.921. The lowest BCUT2D eigenvalue weighted by atomic mass is 10.1. The predicted molar refractivity (Wildman–Crippen MR) is 92.0 cm³/mol. The van der Waals surface area contributed by atoms with E-state index in [-0.39, 0.29) is 6.67 Å². The summed E-state index contributed by atoms with van der Waals surface area (Å²) in [4.78, 5) is 6.55. The summed E-state index contributed by atoms with van der Waals surface area (Å²) in [5, 5.41) is 0. The van der Waals surface area contributed by atoms with Crippen molar-refractivity contribution in [1.82, 2.24) is 9.88 Å². The third-order valence-electron chi connectivity index (χ3n) is 4.60. The molecule has 24 heavy (non-hydrogen) atoms. The van der Waals surface area contributed by atoms with Crippen molar-refractivity contribution in [3.05, 3.63) is 36.4 Å². The van der Waals surface area contributed by atoms with Crippen molar-refractivity contribution in [1.29, 1.82) is 0 Å². The minimum Gasteiger partial charge on any atom is -0.490 e. The van der Waals surface area contributed by atoms with Crippen molar-refractivity contribution < 1.29 is 13.5 Å². The number of alkyl halides is 1. The van der Waals surface area contributed by atoms with E-state index in [0.29, 0.717) is 19.1 Å². The number of likely N-dealkylation sites (N-methyl/N-ethyl adjacent to an activating group) is 1. The highest BCUT2D eigenvalue weighted by molar-refractivity contribution is 5.58. The maximum absolute atomic E-state index is 12.1. The Hall–Kier alpha value is -1.88. The molecule has 0 N–H and O–H groups in total. The minimum absolute atomic E-state index is 0.238. The third-order valence-corrected chi connectivity index (χ3v) is 4.60. The van der Waals surface area contributed by atoms with E-state index in [1.807, 2.05) is 18.2 Å². The molecule has 0 saturated carbocycles. The van der Waals surface area contributed by atoms with E-state index in [0.717, 1.165) is 48.6 Å². The van der Waals surface area contributed by atoms with Crippen LogP contribution in [0.1, 0.15) is 31.4 Å². The SMILES string of the molecule is CN1CC[C@H]1COc1cncc(-c2ccc(CCCCCF)o2)c1. The van der Waals surface area contributed by atoms with Crippen molar-refractivity contribution in [2.75, 3.05) is 26.9 Å². The monoisotopic (exact) mass is 332 g/mol. The average molecular weight is 332 g/mol. The van der Waals surface area contributed by atoms with Crippen LogP contribution in [0.5, 0.6) is 5.75 Å². The lowest BCUT2D eigenvalue weighted by Gasteiger charge is -2.37. The number of unbranched alkanes of at least 4 members (excludes halogenated alkanes) is 2. The Bertz CT molecular complexity index is 644. The second-order valence-electron chi connectivity index (χ2n) is 6.41. The molecule has 2 aromatic rings. The molecule has 3 heterocycles. The summed E-state index contributed by atoms with van der Waals surface area (Å²) >= 11 is 0. The van der Waals surface area contributed by atoms with E-state index >= 15 is 0 Å². The maximum Gasteiger partial charge on any atom is 0.138 e. The first-order chi connectivity index (χ1) is 11.8. The van der Waals surface area contributed by atoms with Gasteiger partial charge in [-0.25, -0.2) is 0 Å². The number of halogens is 1. The zero-order valence-corrected chi connectivity index (χ0v) is 14.2. The van der Waals surface area contributed by atoms with Gasteiger partial charge < -0.3 is 9.15 Å². The Labute approximate surface area is 142 Å². The standard InChI is InChI=1S/C19H25FN2O2/c1-22-10-8-16(22)14-23-18-11-15(12-21-13-18)19-7-6-17(24-19)5-3-2-4-9-20/h6-7,11-13,16H,2-5,8-10,14H2,1H3/t16-/m0/s1. The molecular weight excluding hydrogens is 307 g/mol. The number of furan rings is 1. The quantitative estimate of drug-likeness (QED) is 0.648. The van der Waals surface area contributed by atoms with Crippen LogP contribution >= 0.6 is 0 Å². The smallest absolute Gasteiger partial charge is 0.138 e. The van der Waals surface area contributed by atoms with Crippen LogP contribution in [-0.4, -0.2) is 42.8 Å². The molecule has 0 spiro atoms. The largest absolute Gasteiger partial charge is 0.490 e. The van der Waals surface area contributed by atoms with Crippen LogP contribution in [0.4, 0.5) is 4.39 Å². The predicted octanol–water partition coefficient (Wildman–Crippen LogP) is 4.11. The van der Waals surface area contributed by atoms with Gasteiger partial charge in [0.05, 0.1) is 12.9 Å². The summed E-state index contributed by atoms with van der Waals surface area (Å²) in [5.74, 6) is 2.51. The van der Waals surface area contributed by atoms with E-state index in [1.54, 1.807) is 12.4 Å². The number of nitrogens with zero attached hydrogens (tertiary/aromatic N) is 2. The average Bonchev–Trinajstić information content (AvgIpc) is 3.07. The highest BCUT2D eigenvalue weighted by atomic mass is 19.1. The van der Waals surface area contributed by atoms with Crippen molar-refractivity contribution >= 4 is 0 Å². The van der Waals surface area contributed by atoms with Gasteiger partial charge in [-0.1, -0.05) is 6.42 Å². The molecule has 5 heteroatoms. The van der Waals surface area contributed by atoms with Crippen LogP contribution in [0.25, 0.3) is 11.3 Å². The fraction of sp³-hybridized carbons (Fsp3) is 0.526. The molecule has 3 rings (SSSR count). The second kappa shape index (κ2) is 8.29. The number of ether oxygens (including phenoxy) is 1. The number of aromatic nitrogens is 1. The van der Waals surface area contributed by atoms with Crippen LogP contribution in [0, 0.1) is 0 Å². The summed E-state index contributed by atoms with van der Waals surface area (Å²) in [6.07, 6.45) is 8.04. The highest BCUT2D eigenvalue weighted by Crippen LogP contribution is 2.26. The van der Waals surface area contributed by atoms with E-state index in [2.05, 4.69) is 16.9 Å². The van der Waals surface area contributed by atoms with Crippen LogP contribution in [0.15, 0.2) is 35.0 Å². The van der Waals surface area contributed by atoms with Crippen LogP contribution < -0.4 is 4.74 Å². The first-order valence-electron chi connectivity index (χ1n) is 8.69. The fourth-order valence-corrected chi connectivity index (χ4v) is 2.84. The number of aryl methyl sites for hydroxylation is 1. The van der Waals surface area contributed by atoms with Gasteiger partial charge >= 0.3 is 0 Å². The van der Waals surface area contributed by atoms with Crippen molar-refractivity contribution in [3.8, 4) is 17.1 Å². The summed E-state index contributed by atoms with van der Waals surface area (Å²) in [7, 11) is 2.12. The van der Waals surface area contributed by atoms with Gasteiger partial charge in [-0.2, -0.15) is 0 Å². The number of hydrogen-bond donors (Lipinski definition) is 0. The highest BCUT2D eigenvalue weighted by Gasteiger charge is 2.24. The molecule has 1 atom stereocenters. The third kappa shape index (κ3) is 4.35. The first-order valence-corrected chi connectivity index (χ1v) is 8.69. The van der Waals surface area contributed by atoms with E-state index in [1.165, 1.54) is 6.42 Å². The molecule has 4 nitrogen and oxygen atoms in total. The zero-order chi connectivity index (χ0) is 16.8. The van der Waals surface area contributed by atoms with Gasteiger partial charge in [0.1, 0.15) is 23.9 Å². The minimum atomic E-state index is -0.238. The Balaban J connectivity index is 1.56. The molecule has 2 aromatic heterocycles. The molecule has 0 bridgehead atoms. The number of likely N-dealkylation sites (tertiary alicyclic amines) is 1. The Morgan fingerprint density at radius 2 is 2.21 bits per heavy atom. The summed E-state index contributed by atoms with van der Waals surface area (Å²) in [6, 6.07) is 6.43. The molecular formula is C19H25FN2O2. The van der Waals surface area contributed by atoms with Gasteiger partial charge in [0.2, 0.25) is 0 Å². The first kappa shape index (κ1) is 17.0. The Morgan fingerprint density at radius 3 is 2.96 bits per heavy atom. The molecule has 1 aliphatic heterocycles. The van der Waals surface area contributed by atoms with Crippen molar-refractivity contribution in [3.63, 3.8) is 0 Å². The topological polar surface area (TPSA) is 38.5 Å². The lowest BCUT2D eigenvalue weighted by molar-refractivity contribution is 0.0767. The second-order valence-corrected chi connectivity index (χ2v) is 6.41. The molecule has 0 unspecified atom stereocenters. The molecule has 1 fully saturated rings. The zero-order valence-electron chi connectivity index (χ0n) is 14.2. The van der Waals surface area contributed by atoms with Gasteiger partial charge in [0.25, 0.3) is 0 Å². The molecule has 0 aliphatic carbocycles. The van der Waals surface area contributed by atoms with Crippen molar-refractivity contribution in [2.24, 2.45) is 0 Å². The Kier molecular flexibility index (Phi) is 5.86. The van der Waals surface area contributed by atoms with E-state index in [9.17, 15) is 4.39 Å². The number of hydrogen-bond acceptors (Lipinski definition) is 4. The van der Waals surface area contributed by atoms with Gasteiger partial charge in [-0.3, -0.25) is 14.3 Å². The van der Waals surface area contributed by atoms with Gasteiger partial charge in [0, 0.05) is 24.2 Å². The normalized spacial score (nSPS) is 17.7. The number of rotatable bonds is 9. The molecule has 0 aromatic carbocycles. The molecule has 1 saturated heterocycles. The van der Waals surface area contributed by atoms with E-state index < -0.39 is 0 Å². The number of pyridine rings is 1. The van der Waals surface area contributed by atoms with Gasteiger partial charge in [-0.05, 0) is 51.1 Å². The van der Waals surface area contributed by atoms with Crippen molar-refractivity contribution in [2.45, 2.75) is 38.1 Å². The maximum atomic E-state index is 12.1. The van der Waals surface area contributed by atoms with Crippen LogP contribution in [0.3, 0.4) is 0 Å². The molecule has 130 valence electrons. The Morgan fingerprint density at radius 1 is 1.29 bits per heavy atom. The molecule has 1 aliphatic rings. The lowest BCUT2D eigenvalue weighted by Crippen LogP contribution is -2.48. The van der Waals surface area contributed by atoms with Crippen LogP contribution in [0.2, 0.25) is 0 Å². The van der Waals surface area contributed by atoms with E-state index in [4.69, 9.17) is 9.15 Å². The molecule has 0 amide bonds. The van der Waals surface area contributed by atoms with Crippen LogP contribution in [-0.2, 0) is 6.42 Å². The summed E-state index contributed by atoms with van der Waals surface area (Å²) in [6.45, 7) is 1.60.